The number of anilines is 1. The molecule has 0 saturated carbocycles. The Bertz CT molecular complexity index is 917. The number of aliphatic hydroxyl groups is 1. The highest BCUT2D eigenvalue weighted by Crippen LogP contribution is 2.26. The van der Waals surface area contributed by atoms with Gasteiger partial charge in [-0.1, -0.05) is 6.07 Å². The second-order valence-electron chi connectivity index (χ2n) is 5.57. The molecule has 2 unspecified atom stereocenters. The van der Waals surface area contributed by atoms with E-state index in [0.29, 0.717) is 6.07 Å². The van der Waals surface area contributed by atoms with Crippen molar-refractivity contribution in [1.82, 2.24) is 20.2 Å². The van der Waals surface area contributed by atoms with Crippen LogP contribution in [-0.4, -0.2) is 31.4 Å². The van der Waals surface area contributed by atoms with E-state index >= 15 is 0 Å². The van der Waals surface area contributed by atoms with E-state index in [0.717, 1.165) is 6.07 Å². The zero-order valence-electron chi connectivity index (χ0n) is 13.8. The summed E-state index contributed by atoms with van der Waals surface area (Å²) in [7, 11) is 0. The van der Waals surface area contributed by atoms with Crippen LogP contribution < -0.4 is 5.32 Å². The van der Waals surface area contributed by atoms with E-state index < -0.39 is 36.1 Å². The maximum atomic E-state index is 14.0. The molecule has 1 aromatic carbocycles. The van der Waals surface area contributed by atoms with Crippen molar-refractivity contribution in [1.29, 1.82) is 0 Å². The molecule has 0 aliphatic heterocycles. The summed E-state index contributed by atoms with van der Waals surface area (Å²) < 4.78 is 56.8. The molecule has 3 aromatic rings. The summed E-state index contributed by atoms with van der Waals surface area (Å²) in [6.07, 6.45) is -1.49. The highest BCUT2D eigenvalue weighted by Gasteiger charge is 2.22. The Kier molecular flexibility index (Phi) is 5.31. The molecule has 2 N–H and O–H groups in total. The molecule has 142 valence electrons. The van der Waals surface area contributed by atoms with Gasteiger partial charge in [0.25, 0.3) is 11.8 Å². The van der Waals surface area contributed by atoms with Crippen LogP contribution >= 0.6 is 0 Å². The second-order valence-corrected chi connectivity index (χ2v) is 5.57. The summed E-state index contributed by atoms with van der Waals surface area (Å²) >= 11 is 0. The number of rotatable bonds is 6. The van der Waals surface area contributed by atoms with Gasteiger partial charge in [0.2, 0.25) is 5.95 Å². The Labute approximate surface area is 150 Å². The summed E-state index contributed by atoms with van der Waals surface area (Å²) in [4.78, 5) is 7.92. The van der Waals surface area contributed by atoms with Crippen LogP contribution in [-0.2, 0) is 0 Å². The zero-order chi connectivity index (χ0) is 19.6. The van der Waals surface area contributed by atoms with Crippen molar-refractivity contribution in [3.63, 3.8) is 0 Å². The molecule has 7 nitrogen and oxygen atoms in total. The molecular weight excluding hydrogens is 370 g/mol. The molecule has 2 atom stereocenters. The fourth-order valence-electron chi connectivity index (χ4n) is 2.30. The first kappa shape index (κ1) is 18.7. The quantitative estimate of drug-likeness (QED) is 0.631. The Balaban J connectivity index is 1.81. The average Bonchev–Trinajstić information content (AvgIpc) is 3.11. The van der Waals surface area contributed by atoms with Crippen molar-refractivity contribution in [2.45, 2.75) is 25.5 Å². The minimum absolute atomic E-state index is 0.0157. The Hall–Kier alpha value is -3.08. The van der Waals surface area contributed by atoms with Gasteiger partial charge in [-0.05, 0) is 13.0 Å². The zero-order valence-corrected chi connectivity index (χ0v) is 13.8. The third-order valence-electron chi connectivity index (χ3n) is 3.59. The van der Waals surface area contributed by atoms with Gasteiger partial charge in [0.1, 0.15) is 11.6 Å². The monoisotopic (exact) mass is 383 g/mol. The third kappa shape index (κ3) is 4.19. The predicted molar refractivity (Wildman–Crippen MR) is 84.7 cm³/mol. The van der Waals surface area contributed by atoms with E-state index in [1.54, 1.807) is 0 Å². The lowest BCUT2D eigenvalue weighted by Gasteiger charge is -2.22. The smallest absolute Gasteiger partial charge is 0.314 e. The minimum Gasteiger partial charge on any atom is -0.415 e. The number of halogens is 4. The van der Waals surface area contributed by atoms with Crippen LogP contribution in [0.2, 0.25) is 0 Å². The van der Waals surface area contributed by atoms with Crippen LogP contribution in [0, 0.1) is 11.6 Å². The normalized spacial score (nSPS) is 13.6. The Morgan fingerprint density at radius 3 is 2.37 bits per heavy atom. The number of aromatic nitrogens is 4. The first-order valence-corrected chi connectivity index (χ1v) is 7.68. The van der Waals surface area contributed by atoms with Crippen LogP contribution in [0.4, 0.5) is 23.5 Å². The maximum absolute atomic E-state index is 14.0. The van der Waals surface area contributed by atoms with Crippen LogP contribution in [0.25, 0.3) is 11.5 Å². The van der Waals surface area contributed by atoms with Gasteiger partial charge in [-0.15, -0.1) is 10.2 Å². The van der Waals surface area contributed by atoms with Gasteiger partial charge in [-0.25, -0.2) is 18.7 Å². The van der Waals surface area contributed by atoms with Crippen LogP contribution in [0.15, 0.2) is 35.0 Å². The van der Waals surface area contributed by atoms with Gasteiger partial charge in [0.15, 0.2) is 0 Å². The van der Waals surface area contributed by atoms with Gasteiger partial charge >= 0.3 is 6.43 Å². The lowest BCUT2D eigenvalue weighted by atomic mass is 10.0. The number of alkyl halides is 2. The molecule has 0 bridgehead atoms. The molecule has 3 rings (SSSR count). The molecule has 0 aliphatic rings. The molecular formula is C16H13F4N5O2. The molecule has 0 radical (unpaired) electrons. The van der Waals surface area contributed by atoms with Crippen molar-refractivity contribution in [2.24, 2.45) is 0 Å². The van der Waals surface area contributed by atoms with Gasteiger partial charge in [-0.3, -0.25) is 0 Å². The molecule has 2 aromatic heterocycles. The van der Waals surface area contributed by atoms with Gasteiger partial charge in [0, 0.05) is 24.0 Å². The first-order chi connectivity index (χ1) is 12.8. The van der Waals surface area contributed by atoms with Crippen molar-refractivity contribution in [2.75, 3.05) is 5.32 Å². The van der Waals surface area contributed by atoms with E-state index in [1.165, 1.54) is 25.4 Å². The third-order valence-corrected chi connectivity index (χ3v) is 3.59. The van der Waals surface area contributed by atoms with Crippen molar-refractivity contribution < 1.29 is 27.1 Å². The Morgan fingerprint density at radius 2 is 1.81 bits per heavy atom. The highest BCUT2D eigenvalue weighted by molar-refractivity contribution is 5.50. The van der Waals surface area contributed by atoms with Crippen LogP contribution in [0.3, 0.4) is 0 Å². The van der Waals surface area contributed by atoms with E-state index in [9.17, 15) is 22.7 Å². The van der Waals surface area contributed by atoms with Crippen molar-refractivity contribution in [3.8, 4) is 11.5 Å². The highest BCUT2D eigenvalue weighted by atomic mass is 19.3. The van der Waals surface area contributed by atoms with Crippen molar-refractivity contribution in [3.05, 3.63) is 53.7 Å². The molecule has 0 fully saturated rings. The predicted octanol–water partition coefficient (Wildman–Crippen LogP) is 3.28. The number of hydrogen-bond donors (Lipinski definition) is 2. The van der Waals surface area contributed by atoms with Gasteiger partial charge in [0.05, 0.1) is 17.7 Å². The molecule has 0 spiro atoms. The summed E-state index contributed by atoms with van der Waals surface area (Å²) in [5.41, 5.74) is 0.221. The average molecular weight is 383 g/mol. The number of hydrogen-bond acceptors (Lipinski definition) is 7. The second kappa shape index (κ2) is 7.66. The first-order valence-electron chi connectivity index (χ1n) is 7.68. The lowest BCUT2D eigenvalue weighted by Crippen LogP contribution is -2.25. The molecule has 0 amide bonds. The van der Waals surface area contributed by atoms with Crippen molar-refractivity contribution >= 4 is 5.95 Å². The summed E-state index contributed by atoms with van der Waals surface area (Å²) in [5.74, 6) is -2.58. The van der Waals surface area contributed by atoms with Crippen LogP contribution in [0.1, 0.15) is 30.8 Å². The van der Waals surface area contributed by atoms with E-state index in [1.807, 2.05) is 0 Å². The maximum Gasteiger partial charge on any atom is 0.314 e. The van der Waals surface area contributed by atoms with E-state index in [-0.39, 0.29) is 23.0 Å². The number of nitrogens with zero attached hydrogens (tertiary/aromatic N) is 4. The lowest BCUT2D eigenvalue weighted by molar-refractivity contribution is 0.116. The molecule has 27 heavy (non-hydrogen) atoms. The fourth-order valence-corrected chi connectivity index (χ4v) is 2.30. The number of aliphatic hydroxyl groups excluding tert-OH is 1. The van der Waals surface area contributed by atoms with Gasteiger partial charge < -0.3 is 14.8 Å². The van der Waals surface area contributed by atoms with E-state index in [2.05, 4.69) is 25.5 Å². The summed E-state index contributed by atoms with van der Waals surface area (Å²) in [6, 6.07) is 2.01. The van der Waals surface area contributed by atoms with Gasteiger partial charge in [-0.2, -0.15) is 8.78 Å². The molecule has 0 saturated heterocycles. The standard InChI is InChI=1S/C16H13F4N5O2/c1-7(26)12(10-3-2-9(17)4-11(10)18)23-16-21-5-8(6-22-16)14-24-25-15(27-14)13(19)20/h2-7,12-13,26H,1H3,(H,21,22,23). The number of benzene rings is 1. The molecule has 11 heteroatoms. The topological polar surface area (TPSA) is 97.0 Å². The SMILES string of the molecule is CC(O)C(Nc1ncc(-c2nnc(C(F)F)o2)cn1)c1ccc(F)cc1F. The summed E-state index contributed by atoms with van der Waals surface area (Å²) in [5, 5.41) is 19.3. The largest absolute Gasteiger partial charge is 0.415 e. The number of nitrogens with one attached hydrogen (secondary N) is 1. The molecule has 2 heterocycles. The van der Waals surface area contributed by atoms with E-state index in [4.69, 9.17) is 4.42 Å². The minimum atomic E-state index is -2.90. The summed E-state index contributed by atoms with van der Waals surface area (Å²) in [6.45, 7) is 1.42. The van der Waals surface area contributed by atoms with Crippen LogP contribution in [0.5, 0.6) is 0 Å². The Morgan fingerprint density at radius 1 is 1.11 bits per heavy atom. The molecule has 0 aliphatic carbocycles. The fraction of sp³-hybridized carbons (Fsp3) is 0.250.